The highest BCUT2D eigenvalue weighted by Gasteiger charge is 2.68. The number of carbonyl (C=O) groups is 3. The Morgan fingerprint density at radius 2 is 1.63 bits per heavy atom. The molecule has 3 aliphatic heterocycles. The second-order valence-electron chi connectivity index (χ2n) is 6.82. The average Bonchev–Trinajstić information content (AvgIpc) is 3.36. The minimum absolute atomic E-state index is 0.0907. The van der Waals surface area contributed by atoms with Crippen molar-refractivity contribution in [1.29, 1.82) is 0 Å². The fourth-order valence-electron chi connectivity index (χ4n) is 4.20. The minimum Gasteiger partial charge on any atom is -0.325 e. The van der Waals surface area contributed by atoms with Gasteiger partial charge >= 0.3 is 5.97 Å². The third-order valence-corrected chi connectivity index (χ3v) is 7.14. The molecule has 6 heteroatoms. The number of thioether (sulfide) groups is 1. The highest BCUT2D eigenvalue weighted by Crippen LogP contribution is 2.64. The van der Waals surface area contributed by atoms with Crippen molar-refractivity contribution in [2.45, 2.75) is 10.00 Å². The number of imide groups is 1. The lowest BCUT2D eigenvalue weighted by Crippen LogP contribution is -2.37. The Morgan fingerprint density at radius 3 is 2.33 bits per heavy atom. The summed E-state index contributed by atoms with van der Waals surface area (Å²) in [6.45, 7) is 0. The SMILES string of the molecule is O=C(ON1C(=O)C2C3C=CC(c4ccccc4)(S3)C2C1=O)c1ccccc1. The van der Waals surface area contributed by atoms with E-state index in [-0.39, 0.29) is 5.25 Å². The first-order valence-corrected chi connectivity index (χ1v) is 9.58. The molecule has 2 aromatic rings. The van der Waals surface area contributed by atoms with Gasteiger partial charge in [-0.2, -0.15) is 0 Å². The van der Waals surface area contributed by atoms with E-state index in [0.717, 1.165) is 5.56 Å². The molecule has 2 amide bonds. The van der Waals surface area contributed by atoms with Gasteiger partial charge in [0.25, 0.3) is 11.8 Å². The van der Waals surface area contributed by atoms with Crippen molar-refractivity contribution in [1.82, 2.24) is 5.06 Å². The van der Waals surface area contributed by atoms with E-state index < -0.39 is 34.4 Å². The van der Waals surface area contributed by atoms with Gasteiger partial charge in [0.2, 0.25) is 0 Å². The Labute approximate surface area is 160 Å². The molecule has 3 aliphatic rings. The van der Waals surface area contributed by atoms with Gasteiger partial charge in [-0.1, -0.05) is 60.7 Å². The number of rotatable bonds is 3. The molecule has 3 heterocycles. The number of fused-ring (bicyclic) bond motifs is 5. The van der Waals surface area contributed by atoms with Gasteiger partial charge in [-0.05, 0) is 17.7 Å². The van der Waals surface area contributed by atoms with Crippen molar-refractivity contribution in [2.24, 2.45) is 11.8 Å². The second-order valence-corrected chi connectivity index (χ2v) is 8.28. The van der Waals surface area contributed by atoms with Gasteiger partial charge in [-0.3, -0.25) is 9.59 Å². The summed E-state index contributed by atoms with van der Waals surface area (Å²) in [4.78, 5) is 43.6. The van der Waals surface area contributed by atoms with Crippen LogP contribution < -0.4 is 0 Å². The molecule has 27 heavy (non-hydrogen) atoms. The molecule has 0 spiro atoms. The Bertz CT molecular complexity index is 974. The summed E-state index contributed by atoms with van der Waals surface area (Å²) < 4.78 is -0.586. The predicted octanol–water partition coefficient (Wildman–Crippen LogP) is 2.94. The highest BCUT2D eigenvalue weighted by molar-refractivity contribution is 8.01. The summed E-state index contributed by atoms with van der Waals surface area (Å²) >= 11 is 1.63. The van der Waals surface area contributed by atoms with E-state index in [4.69, 9.17) is 4.84 Å². The standard InChI is InChI=1S/C21H15NO4S/c23-18-16-15-11-12-21(27-15,14-9-5-2-6-10-14)17(16)19(24)22(18)26-20(25)13-7-3-1-4-8-13/h1-12,15-17H. The fraction of sp³-hybridized carbons (Fsp3) is 0.190. The molecule has 0 saturated carbocycles. The second kappa shape index (κ2) is 5.82. The van der Waals surface area contributed by atoms with Gasteiger partial charge in [0.15, 0.2) is 0 Å². The lowest BCUT2D eigenvalue weighted by molar-refractivity contribution is -0.174. The maximum atomic E-state index is 13.1. The predicted molar refractivity (Wildman–Crippen MR) is 99.3 cm³/mol. The minimum atomic E-state index is -0.709. The molecular weight excluding hydrogens is 362 g/mol. The lowest BCUT2D eigenvalue weighted by Gasteiger charge is -2.29. The van der Waals surface area contributed by atoms with Crippen molar-refractivity contribution < 1.29 is 19.2 Å². The molecule has 5 nitrogen and oxygen atoms in total. The van der Waals surface area contributed by atoms with Gasteiger partial charge in [0, 0.05) is 5.25 Å². The van der Waals surface area contributed by atoms with E-state index in [1.165, 1.54) is 0 Å². The molecule has 4 atom stereocenters. The van der Waals surface area contributed by atoms with Crippen molar-refractivity contribution in [3.8, 4) is 0 Å². The molecule has 0 radical (unpaired) electrons. The van der Waals surface area contributed by atoms with Crippen LogP contribution in [-0.4, -0.2) is 28.1 Å². The molecule has 0 aromatic heterocycles. The van der Waals surface area contributed by atoms with E-state index in [9.17, 15) is 14.4 Å². The molecular formula is C21H15NO4S. The number of hydroxylamine groups is 2. The van der Waals surface area contributed by atoms with Crippen molar-refractivity contribution in [3.05, 3.63) is 83.9 Å². The Morgan fingerprint density at radius 1 is 0.963 bits per heavy atom. The Kier molecular flexibility index (Phi) is 3.52. The van der Waals surface area contributed by atoms with Gasteiger partial charge < -0.3 is 4.84 Å². The first kappa shape index (κ1) is 16.3. The van der Waals surface area contributed by atoms with Crippen molar-refractivity contribution in [2.75, 3.05) is 0 Å². The topological polar surface area (TPSA) is 63.7 Å². The van der Waals surface area contributed by atoms with E-state index in [2.05, 4.69) is 0 Å². The zero-order valence-corrected chi connectivity index (χ0v) is 15.0. The first-order chi connectivity index (χ1) is 13.1. The summed E-state index contributed by atoms with van der Waals surface area (Å²) in [6, 6.07) is 18.1. The third kappa shape index (κ3) is 2.23. The van der Waals surface area contributed by atoms with Crippen LogP contribution in [0.15, 0.2) is 72.8 Å². The van der Waals surface area contributed by atoms with Crippen LogP contribution in [0, 0.1) is 11.8 Å². The van der Waals surface area contributed by atoms with Crippen LogP contribution in [-0.2, 0) is 19.2 Å². The van der Waals surface area contributed by atoms with Crippen LogP contribution in [0.4, 0.5) is 0 Å². The number of hydrogen-bond donors (Lipinski definition) is 0. The van der Waals surface area contributed by atoms with Crippen LogP contribution >= 0.6 is 11.8 Å². The Hall–Kier alpha value is -2.86. The summed E-state index contributed by atoms with van der Waals surface area (Å²) in [7, 11) is 0. The zero-order chi connectivity index (χ0) is 18.6. The summed E-state index contributed by atoms with van der Waals surface area (Å²) in [5.74, 6) is -2.65. The fourth-order valence-corrected chi connectivity index (χ4v) is 6.05. The number of benzene rings is 2. The van der Waals surface area contributed by atoms with E-state index in [0.29, 0.717) is 10.6 Å². The highest BCUT2D eigenvalue weighted by atomic mass is 32.2. The Balaban J connectivity index is 1.48. The van der Waals surface area contributed by atoms with Crippen LogP contribution in [0.25, 0.3) is 0 Å². The van der Waals surface area contributed by atoms with Gasteiger partial charge in [0.1, 0.15) is 0 Å². The summed E-state index contributed by atoms with van der Waals surface area (Å²) in [5, 5.41) is 0.592. The molecule has 2 fully saturated rings. The normalized spacial score (nSPS) is 30.7. The molecule has 5 rings (SSSR count). The molecule has 4 unspecified atom stereocenters. The molecule has 0 N–H and O–H groups in total. The maximum absolute atomic E-state index is 13.1. The first-order valence-electron chi connectivity index (χ1n) is 8.70. The molecule has 0 aliphatic carbocycles. The van der Waals surface area contributed by atoms with E-state index in [1.54, 1.807) is 42.1 Å². The quantitative estimate of drug-likeness (QED) is 0.608. The van der Waals surface area contributed by atoms with E-state index in [1.807, 2.05) is 42.5 Å². The molecule has 2 saturated heterocycles. The number of nitrogens with zero attached hydrogens (tertiary/aromatic N) is 1. The van der Waals surface area contributed by atoms with Gasteiger partial charge in [0.05, 0.1) is 22.1 Å². The number of amides is 2. The zero-order valence-electron chi connectivity index (χ0n) is 14.1. The number of carbonyl (C=O) groups excluding carboxylic acids is 3. The molecule has 134 valence electrons. The largest absolute Gasteiger partial charge is 0.363 e. The van der Waals surface area contributed by atoms with Crippen molar-refractivity contribution >= 4 is 29.5 Å². The van der Waals surface area contributed by atoms with Crippen LogP contribution in [0.2, 0.25) is 0 Å². The third-order valence-electron chi connectivity index (χ3n) is 5.40. The van der Waals surface area contributed by atoms with Gasteiger partial charge in [-0.25, -0.2) is 4.79 Å². The van der Waals surface area contributed by atoms with Gasteiger partial charge in [-0.15, -0.1) is 16.8 Å². The van der Waals surface area contributed by atoms with Crippen LogP contribution in [0.3, 0.4) is 0 Å². The molecule has 2 bridgehead atoms. The molecule has 2 aromatic carbocycles. The maximum Gasteiger partial charge on any atom is 0.363 e. The smallest absolute Gasteiger partial charge is 0.325 e. The lowest BCUT2D eigenvalue weighted by atomic mass is 9.74. The van der Waals surface area contributed by atoms with Crippen LogP contribution in [0.5, 0.6) is 0 Å². The summed E-state index contributed by atoms with van der Waals surface area (Å²) in [6.07, 6.45) is 4.01. The number of hydrogen-bond acceptors (Lipinski definition) is 5. The van der Waals surface area contributed by atoms with Crippen molar-refractivity contribution in [3.63, 3.8) is 0 Å². The van der Waals surface area contributed by atoms with E-state index >= 15 is 0 Å². The monoisotopic (exact) mass is 377 g/mol. The average molecular weight is 377 g/mol. The van der Waals surface area contributed by atoms with Crippen LogP contribution in [0.1, 0.15) is 15.9 Å². The summed E-state index contributed by atoms with van der Waals surface area (Å²) in [5.41, 5.74) is 1.28.